The van der Waals surface area contributed by atoms with Crippen molar-refractivity contribution in [3.63, 3.8) is 0 Å². The molecule has 114 valence electrons. The Bertz CT molecular complexity index is 368. The minimum absolute atomic E-state index is 0.0358. The molecule has 0 aromatic heterocycles. The van der Waals surface area contributed by atoms with Gasteiger partial charge in [0.1, 0.15) is 12.1 Å². The van der Waals surface area contributed by atoms with Gasteiger partial charge in [-0.15, -0.1) is 0 Å². The Morgan fingerprint density at radius 3 is 2.20 bits per heavy atom. The summed E-state index contributed by atoms with van der Waals surface area (Å²) in [5.74, 6) is -0.918. The Morgan fingerprint density at radius 2 is 1.65 bits per heavy atom. The quantitative estimate of drug-likeness (QED) is 0.730. The zero-order valence-corrected chi connectivity index (χ0v) is 12.5. The number of hydrogen-bond acceptors (Lipinski definition) is 4. The monoisotopic (exact) mass is 284 g/mol. The minimum atomic E-state index is -0.571. The number of esters is 1. The lowest BCUT2D eigenvalue weighted by molar-refractivity contribution is -0.154. The number of nitrogens with one attached hydrogen (secondary N) is 2. The molecule has 0 aromatic rings. The summed E-state index contributed by atoms with van der Waals surface area (Å²) in [7, 11) is 0. The van der Waals surface area contributed by atoms with E-state index in [9.17, 15) is 14.4 Å². The lowest BCUT2D eigenvalue weighted by Crippen LogP contribution is -2.41. The Hall–Kier alpha value is -1.59. The van der Waals surface area contributed by atoms with Gasteiger partial charge in [0.05, 0.1) is 6.54 Å². The van der Waals surface area contributed by atoms with Crippen molar-refractivity contribution < 1.29 is 19.1 Å². The molecule has 0 saturated heterocycles. The Morgan fingerprint density at radius 1 is 1.05 bits per heavy atom. The Kier molecular flexibility index (Phi) is 5.98. The molecule has 0 atom stereocenters. The maximum absolute atomic E-state index is 11.7. The molecular weight excluding hydrogens is 260 g/mol. The highest BCUT2D eigenvalue weighted by atomic mass is 16.6. The molecule has 0 unspecified atom stereocenters. The van der Waals surface area contributed by atoms with Gasteiger partial charge in [-0.2, -0.15) is 0 Å². The maximum atomic E-state index is 11.7. The van der Waals surface area contributed by atoms with E-state index in [1.165, 1.54) is 0 Å². The molecule has 0 aliphatic heterocycles. The zero-order valence-electron chi connectivity index (χ0n) is 12.5. The predicted octanol–water partition coefficient (Wildman–Crippen LogP) is 0.751. The lowest BCUT2D eigenvalue weighted by atomic mass is 10.1. The second-order valence-electron chi connectivity index (χ2n) is 6.06. The van der Waals surface area contributed by atoms with Gasteiger partial charge in [-0.3, -0.25) is 14.4 Å². The van der Waals surface area contributed by atoms with Gasteiger partial charge in [-0.05, 0) is 33.6 Å². The summed E-state index contributed by atoms with van der Waals surface area (Å²) in [4.78, 5) is 34.6. The first-order chi connectivity index (χ1) is 9.28. The van der Waals surface area contributed by atoms with Crippen LogP contribution in [0, 0.1) is 5.92 Å². The van der Waals surface area contributed by atoms with Crippen LogP contribution in [0.4, 0.5) is 0 Å². The summed E-state index contributed by atoms with van der Waals surface area (Å²) in [6, 6.07) is 0. The van der Waals surface area contributed by atoms with E-state index in [1.54, 1.807) is 20.8 Å². The number of hydrogen-bond donors (Lipinski definition) is 2. The van der Waals surface area contributed by atoms with Gasteiger partial charge < -0.3 is 15.4 Å². The van der Waals surface area contributed by atoms with Crippen molar-refractivity contribution in [2.45, 2.75) is 52.1 Å². The van der Waals surface area contributed by atoms with Crippen LogP contribution < -0.4 is 10.6 Å². The van der Waals surface area contributed by atoms with E-state index in [0.717, 1.165) is 25.7 Å². The molecule has 0 bridgehead atoms. The van der Waals surface area contributed by atoms with Crippen LogP contribution in [0.25, 0.3) is 0 Å². The van der Waals surface area contributed by atoms with Crippen molar-refractivity contribution in [1.82, 2.24) is 10.6 Å². The molecule has 6 heteroatoms. The summed E-state index contributed by atoms with van der Waals surface area (Å²) < 4.78 is 5.05. The number of carbonyl (C=O) groups is 3. The van der Waals surface area contributed by atoms with Crippen LogP contribution in [0.3, 0.4) is 0 Å². The van der Waals surface area contributed by atoms with Gasteiger partial charge in [-0.1, -0.05) is 12.8 Å². The van der Waals surface area contributed by atoms with Crippen molar-refractivity contribution in [3.8, 4) is 0 Å². The van der Waals surface area contributed by atoms with Crippen molar-refractivity contribution in [2.75, 3.05) is 13.1 Å². The van der Waals surface area contributed by atoms with Crippen molar-refractivity contribution in [3.05, 3.63) is 0 Å². The number of carbonyl (C=O) groups excluding carboxylic acids is 3. The molecule has 2 N–H and O–H groups in total. The van der Waals surface area contributed by atoms with E-state index in [2.05, 4.69) is 10.6 Å². The molecule has 1 rings (SSSR count). The normalized spacial score (nSPS) is 15.8. The third-order valence-electron chi connectivity index (χ3n) is 3.00. The van der Waals surface area contributed by atoms with E-state index in [0.29, 0.717) is 0 Å². The second-order valence-corrected chi connectivity index (χ2v) is 6.06. The highest BCUT2D eigenvalue weighted by Crippen LogP contribution is 2.24. The third-order valence-corrected chi connectivity index (χ3v) is 3.00. The third kappa shape index (κ3) is 6.54. The summed E-state index contributed by atoms with van der Waals surface area (Å²) in [5, 5.41) is 5.02. The average Bonchev–Trinajstić information content (AvgIpc) is 2.85. The molecule has 6 nitrogen and oxygen atoms in total. The molecule has 0 heterocycles. The van der Waals surface area contributed by atoms with Gasteiger partial charge in [0.2, 0.25) is 11.8 Å². The molecular formula is C14H24N2O4. The SMILES string of the molecule is CC(C)(C)OC(=O)CNC(=O)CNC(=O)C1CCCC1. The smallest absolute Gasteiger partial charge is 0.325 e. The summed E-state index contributed by atoms with van der Waals surface area (Å²) >= 11 is 0. The van der Waals surface area contributed by atoms with Crippen molar-refractivity contribution >= 4 is 17.8 Å². The first kappa shape index (κ1) is 16.5. The fourth-order valence-corrected chi connectivity index (χ4v) is 2.11. The minimum Gasteiger partial charge on any atom is -0.459 e. The van der Waals surface area contributed by atoms with Crippen LogP contribution in [0.1, 0.15) is 46.5 Å². The zero-order chi connectivity index (χ0) is 15.2. The van der Waals surface area contributed by atoms with E-state index in [-0.39, 0.29) is 30.8 Å². The largest absolute Gasteiger partial charge is 0.459 e. The molecule has 1 saturated carbocycles. The van der Waals surface area contributed by atoms with Crippen LogP contribution >= 0.6 is 0 Å². The molecule has 0 spiro atoms. The van der Waals surface area contributed by atoms with Gasteiger partial charge in [0.25, 0.3) is 0 Å². The fourth-order valence-electron chi connectivity index (χ4n) is 2.11. The summed E-state index contributed by atoms with van der Waals surface area (Å²) in [6.07, 6.45) is 3.93. The molecule has 1 fully saturated rings. The van der Waals surface area contributed by atoms with E-state index >= 15 is 0 Å². The van der Waals surface area contributed by atoms with Crippen molar-refractivity contribution in [1.29, 1.82) is 0 Å². The van der Waals surface area contributed by atoms with Crippen LogP contribution in [-0.4, -0.2) is 36.5 Å². The standard InChI is InChI=1S/C14H24N2O4/c1-14(2,3)20-12(18)9-15-11(17)8-16-13(19)10-6-4-5-7-10/h10H,4-9H2,1-3H3,(H,15,17)(H,16,19). The second kappa shape index (κ2) is 7.26. The highest BCUT2D eigenvalue weighted by molar-refractivity contribution is 5.87. The van der Waals surface area contributed by atoms with Crippen LogP contribution in [0.2, 0.25) is 0 Å². The predicted molar refractivity (Wildman–Crippen MR) is 73.8 cm³/mol. The molecule has 0 radical (unpaired) electrons. The van der Waals surface area contributed by atoms with Gasteiger partial charge in [0.15, 0.2) is 0 Å². The van der Waals surface area contributed by atoms with Gasteiger partial charge in [-0.25, -0.2) is 0 Å². The van der Waals surface area contributed by atoms with Gasteiger partial charge in [0, 0.05) is 5.92 Å². The van der Waals surface area contributed by atoms with Crippen LogP contribution in [0.5, 0.6) is 0 Å². The molecule has 0 aromatic carbocycles. The van der Waals surface area contributed by atoms with Gasteiger partial charge >= 0.3 is 5.97 Å². The molecule has 1 aliphatic rings. The number of amides is 2. The first-order valence-electron chi connectivity index (χ1n) is 7.04. The maximum Gasteiger partial charge on any atom is 0.325 e. The van der Waals surface area contributed by atoms with E-state index in [4.69, 9.17) is 4.74 Å². The Balaban J connectivity index is 2.17. The van der Waals surface area contributed by atoms with Crippen LogP contribution in [-0.2, 0) is 19.1 Å². The van der Waals surface area contributed by atoms with Crippen LogP contribution in [0.15, 0.2) is 0 Å². The topological polar surface area (TPSA) is 84.5 Å². The number of ether oxygens (including phenoxy) is 1. The Labute approximate surface area is 119 Å². The summed E-state index contributed by atoms with van der Waals surface area (Å²) in [5.41, 5.74) is -0.571. The van der Waals surface area contributed by atoms with Crippen molar-refractivity contribution in [2.24, 2.45) is 5.92 Å². The van der Waals surface area contributed by atoms with E-state index in [1.807, 2.05) is 0 Å². The highest BCUT2D eigenvalue weighted by Gasteiger charge is 2.23. The van der Waals surface area contributed by atoms with E-state index < -0.39 is 11.6 Å². The molecule has 20 heavy (non-hydrogen) atoms. The average molecular weight is 284 g/mol. The summed E-state index contributed by atoms with van der Waals surface area (Å²) in [6.45, 7) is 4.99. The number of rotatable bonds is 5. The lowest BCUT2D eigenvalue weighted by Gasteiger charge is -2.19. The fraction of sp³-hybridized carbons (Fsp3) is 0.786. The molecule has 1 aliphatic carbocycles. The first-order valence-corrected chi connectivity index (χ1v) is 7.04. The molecule has 2 amide bonds.